The Labute approximate surface area is 219 Å². The van der Waals surface area contributed by atoms with Gasteiger partial charge in [0.15, 0.2) is 0 Å². The van der Waals surface area contributed by atoms with Crippen LogP contribution in [0.4, 0.5) is 26.3 Å². The standard InChI is InChI=1S/C19H27N3O3.2C2HF3O2/c1-13-16(14(2)25-20-13)11-22-7-6-19(23-3)17-10-21(12-18(17)22)9-15-5-4-8-24-15;2*3-2(4,5)1(6)7/h4-5,8,17-19H,6-7,9-12H2,1-3H3;2*(H,6,7)/t17-,18+,19+;;/m0../s1. The first-order valence-corrected chi connectivity index (χ1v) is 11.6. The molecule has 4 rings (SSSR count). The SMILES string of the molecule is CO[C@@H]1CCN(Cc2c(C)noc2C)[C@@H]2CN(Cc3ccco3)C[C@@H]21.O=C(O)C(F)(F)F.O=C(O)C(F)(F)F. The van der Waals surface area contributed by atoms with E-state index in [1.807, 2.05) is 27.0 Å². The second kappa shape index (κ2) is 13.3. The third-order valence-electron chi connectivity index (χ3n) is 6.35. The van der Waals surface area contributed by atoms with Crippen LogP contribution in [-0.2, 0) is 27.4 Å². The number of piperidine rings is 1. The molecule has 2 aliphatic rings. The molecule has 4 heterocycles. The molecule has 0 aliphatic carbocycles. The van der Waals surface area contributed by atoms with Crippen LogP contribution in [0.2, 0.25) is 0 Å². The lowest BCUT2D eigenvalue weighted by atomic mass is 9.88. The lowest BCUT2D eigenvalue weighted by Gasteiger charge is -2.41. The lowest BCUT2D eigenvalue weighted by molar-refractivity contribution is -0.193. The monoisotopic (exact) mass is 573 g/mol. The largest absolute Gasteiger partial charge is 0.490 e. The van der Waals surface area contributed by atoms with Gasteiger partial charge in [0, 0.05) is 50.8 Å². The molecular formula is C23H29F6N3O7. The number of likely N-dealkylation sites (tertiary alicyclic amines) is 2. The number of carboxylic acid groups (broad SMARTS) is 2. The lowest BCUT2D eigenvalue weighted by Crippen LogP contribution is -2.50. The van der Waals surface area contributed by atoms with Gasteiger partial charge < -0.3 is 23.9 Å². The quantitative estimate of drug-likeness (QED) is 0.509. The van der Waals surface area contributed by atoms with E-state index in [9.17, 15) is 26.3 Å². The molecule has 0 unspecified atom stereocenters. The molecule has 0 bridgehead atoms. The summed E-state index contributed by atoms with van der Waals surface area (Å²) in [4.78, 5) is 22.9. The molecule has 2 saturated heterocycles. The van der Waals surface area contributed by atoms with Crippen LogP contribution in [0.5, 0.6) is 0 Å². The fraction of sp³-hybridized carbons (Fsp3) is 0.609. The van der Waals surface area contributed by atoms with Gasteiger partial charge >= 0.3 is 24.3 Å². The minimum absolute atomic E-state index is 0.340. The van der Waals surface area contributed by atoms with Crippen molar-refractivity contribution < 1.29 is 59.8 Å². The van der Waals surface area contributed by atoms with Crippen LogP contribution in [0.25, 0.3) is 0 Å². The molecule has 0 radical (unpaired) electrons. The molecule has 10 nitrogen and oxygen atoms in total. The fourth-order valence-corrected chi connectivity index (χ4v) is 4.49. The number of alkyl halides is 6. The minimum Gasteiger partial charge on any atom is -0.475 e. The van der Waals surface area contributed by atoms with Gasteiger partial charge in [-0.3, -0.25) is 9.80 Å². The normalized spacial score (nSPS) is 21.8. The van der Waals surface area contributed by atoms with Crippen LogP contribution in [0.3, 0.4) is 0 Å². The maximum absolute atomic E-state index is 10.6. The third kappa shape index (κ3) is 9.25. The minimum atomic E-state index is -5.08. The summed E-state index contributed by atoms with van der Waals surface area (Å²) in [6, 6.07) is 4.51. The Hall–Kier alpha value is -3.11. The summed E-state index contributed by atoms with van der Waals surface area (Å²) >= 11 is 0. The molecule has 2 aliphatic heterocycles. The van der Waals surface area contributed by atoms with Crippen molar-refractivity contribution in [3.8, 4) is 0 Å². The first-order valence-electron chi connectivity index (χ1n) is 11.6. The zero-order valence-corrected chi connectivity index (χ0v) is 21.3. The Bertz CT molecular complexity index is 1030. The molecule has 0 aromatic carbocycles. The maximum Gasteiger partial charge on any atom is 0.490 e. The molecule has 0 spiro atoms. The van der Waals surface area contributed by atoms with E-state index in [0.717, 1.165) is 56.4 Å². The summed E-state index contributed by atoms with van der Waals surface area (Å²) in [5.41, 5.74) is 2.24. The zero-order chi connectivity index (χ0) is 29.5. The van der Waals surface area contributed by atoms with E-state index in [1.165, 1.54) is 5.56 Å². The number of carbonyl (C=O) groups is 2. The maximum atomic E-state index is 10.6. The molecule has 16 heteroatoms. The summed E-state index contributed by atoms with van der Waals surface area (Å²) in [6.45, 7) is 8.98. The highest BCUT2D eigenvalue weighted by atomic mass is 19.4. The van der Waals surface area contributed by atoms with Gasteiger partial charge in [-0.1, -0.05) is 5.16 Å². The van der Waals surface area contributed by atoms with Gasteiger partial charge in [0.1, 0.15) is 11.5 Å². The highest BCUT2D eigenvalue weighted by molar-refractivity contribution is 5.73. The Morgan fingerprint density at radius 2 is 1.67 bits per heavy atom. The fourth-order valence-electron chi connectivity index (χ4n) is 4.49. The van der Waals surface area contributed by atoms with E-state index in [1.54, 1.807) is 6.26 Å². The van der Waals surface area contributed by atoms with Gasteiger partial charge in [0.05, 0.1) is 24.6 Å². The molecular weight excluding hydrogens is 544 g/mol. The average molecular weight is 573 g/mol. The van der Waals surface area contributed by atoms with E-state index >= 15 is 0 Å². The highest BCUT2D eigenvalue weighted by Gasteiger charge is 2.44. The predicted molar refractivity (Wildman–Crippen MR) is 120 cm³/mol. The Kier molecular flexibility index (Phi) is 10.9. The van der Waals surface area contributed by atoms with Crippen molar-refractivity contribution in [3.05, 3.63) is 41.2 Å². The molecule has 220 valence electrons. The first-order chi connectivity index (χ1) is 18.0. The number of hydrogen-bond donors (Lipinski definition) is 2. The van der Waals surface area contributed by atoms with Gasteiger partial charge in [-0.25, -0.2) is 9.59 Å². The molecule has 39 heavy (non-hydrogen) atoms. The highest BCUT2D eigenvalue weighted by Crippen LogP contribution is 2.34. The molecule has 2 N–H and O–H groups in total. The van der Waals surface area contributed by atoms with Crippen molar-refractivity contribution in [1.29, 1.82) is 0 Å². The van der Waals surface area contributed by atoms with Crippen molar-refractivity contribution in [1.82, 2.24) is 15.0 Å². The summed E-state index contributed by atoms with van der Waals surface area (Å²) < 4.78 is 80.2. The summed E-state index contributed by atoms with van der Waals surface area (Å²) in [5, 5.41) is 18.4. The topological polar surface area (TPSA) is 129 Å². The summed E-state index contributed by atoms with van der Waals surface area (Å²) in [5.74, 6) is -3.01. The Morgan fingerprint density at radius 3 is 2.10 bits per heavy atom. The first kappa shape index (κ1) is 32.1. The molecule has 2 aromatic rings. The molecule has 2 aromatic heterocycles. The van der Waals surface area contributed by atoms with E-state index in [0.29, 0.717) is 18.1 Å². The van der Waals surface area contributed by atoms with E-state index in [2.05, 4.69) is 21.0 Å². The van der Waals surface area contributed by atoms with Crippen molar-refractivity contribution >= 4 is 11.9 Å². The zero-order valence-electron chi connectivity index (χ0n) is 21.3. The number of hydrogen-bond acceptors (Lipinski definition) is 8. The molecule has 0 amide bonds. The van der Waals surface area contributed by atoms with E-state index < -0.39 is 24.3 Å². The number of nitrogens with zero attached hydrogens (tertiary/aromatic N) is 3. The van der Waals surface area contributed by atoms with Crippen molar-refractivity contribution in [2.75, 3.05) is 26.7 Å². The molecule has 0 saturated carbocycles. The average Bonchev–Trinajstić information content (AvgIpc) is 3.56. The number of halogens is 6. The van der Waals surface area contributed by atoms with Crippen LogP contribution in [0, 0.1) is 19.8 Å². The van der Waals surface area contributed by atoms with Gasteiger partial charge in [0.25, 0.3) is 0 Å². The van der Waals surface area contributed by atoms with E-state index in [4.69, 9.17) is 33.5 Å². The molecule has 3 atom stereocenters. The number of furan rings is 1. The van der Waals surface area contributed by atoms with Gasteiger partial charge in [-0.2, -0.15) is 26.3 Å². The van der Waals surface area contributed by atoms with Crippen LogP contribution < -0.4 is 0 Å². The number of ether oxygens (including phenoxy) is 1. The number of fused-ring (bicyclic) bond motifs is 1. The number of rotatable bonds is 5. The van der Waals surface area contributed by atoms with Crippen LogP contribution in [-0.4, -0.2) is 88.4 Å². The molecule has 2 fully saturated rings. The number of aromatic nitrogens is 1. The third-order valence-corrected chi connectivity index (χ3v) is 6.35. The number of carboxylic acids is 2. The second-order valence-corrected chi connectivity index (χ2v) is 8.95. The van der Waals surface area contributed by atoms with Gasteiger partial charge in [-0.05, 0) is 32.4 Å². The Morgan fingerprint density at radius 1 is 1.08 bits per heavy atom. The van der Waals surface area contributed by atoms with Crippen LogP contribution >= 0.6 is 0 Å². The number of aliphatic carboxylic acids is 2. The van der Waals surface area contributed by atoms with Gasteiger partial charge in [-0.15, -0.1) is 0 Å². The van der Waals surface area contributed by atoms with Crippen molar-refractivity contribution in [2.24, 2.45) is 5.92 Å². The smallest absolute Gasteiger partial charge is 0.475 e. The van der Waals surface area contributed by atoms with Crippen LogP contribution in [0.1, 0.15) is 29.2 Å². The predicted octanol–water partition coefficient (Wildman–Crippen LogP) is 3.87. The summed E-state index contributed by atoms with van der Waals surface area (Å²) in [6.07, 6.45) is -7.00. The number of methoxy groups -OCH3 is 1. The van der Waals surface area contributed by atoms with Crippen molar-refractivity contribution in [2.45, 2.75) is 57.9 Å². The number of aryl methyl sites for hydroxylation is 2. The van der Waals surface area contributed by atoms with Crippen LogP contribution in [0.15, 0.2) is 27.3 Å². The second-order valence-electron chi connectivity index (χ2n) is 8.95. The van der Waals surface area contributed by atoms with E-state index in [-0.39, 0.29) is 0 Å². The summed E-state index contributed by atoms with van der Waals surface area (Å²) in [7, 11) is 1.85. The van der Waals surface area contributed by atoms with Gasteiger partial charge in [0.2, 0.25) is 0 Å². The Balaban J connectivity index is 0.000000317. The van der Waals surface area contributed by atoms with Crippen molar-refractivity contribution in [3.63, 3.8) is 0 Å².